The van der Waals surface area contributed by atoms with E-state index < -0.39 is 0 Å². The van der Waals surface area contributed by atoms with Crippen LogP contribution >= 0.6 is 0 Å². The normalized spacial score (nSPS) is 16.0. The van der Waals surface area contributed by atoms with Gasteiger partial charge in [0.05, 0.1) is 6.54 Å². The van der Waals surface area contributed by atoms with Crippen molar-refractivity contribution in [2.24, 2.45) is 4.99 Å². The van der Waals surface area contributed by atoms with Crippen LogP contribution in [0.5, 0.6) is 0 Å². The molecule has 0 atom stereocenters. The quantitative estimate of drug-likeness (QED) is 0.532. The number of nitrogens with zero attached hydrogens (tertiary/aromatic N) is 1. The maximum Gasteiger partial charge on any atom is 0.0646 e. The Morgan fingerprint density at radius 2 is 1.82 bits per heavy atom. The second-order valence-corrected chi connectivity index (χ2v) is 2.98. The number of rotatable bonds is 0. The Morgan fingerprint density at radius 1 is 1.00 bits per heavy atom. The van der Waals surface area contributed by atoms with Crippen molar-refractivity contribution in [2.45, 2.75) is 6.54 Å². The van der Waals surface area contributed by atoms with Gasteiger partial charge in [-0.2, -0.15) is 0 Å². The van der Waals surface area contributed by atoms with Crippen molar-refractivity contribution in [3.63, 3.8) is 0 Å². The number of aliphatic imine (C=N–C) groups is 1. The lowest BCUT2D eigenvalue weighted by Crippen LogP contribution is -1.94. The van der Waals surface area contributed by atoms with E-state index in [2.05, 4.69) is 29.3 Å². The first-order chi connectivity index (χ1) is 5.43. The molecule has 0 bridgehead atoms. The van der Waals surface area contributed by atoms with Crippen LogP contribution < -0.4 is 0 Å². The molecular weight excluding hydrogens is 134 g/mol. The molecule has 0 amide bonds. The highest BCUT2D eigenvalue weighted by atomic mass is 14.7. The summed E-state index contributed by atoms with van der Waals surface area (Å²) in [5, 5.41) is 0. The minimum atomic E-state index is 0.871. The van der Waals surface area contributed by atoms with Gasteiger partial charge < -0.3 is 0 Å². The van der Waals surface area contributed by atoms with Gasteiger partial charge in [0.15, 0.2) is 0 Å². The fourth-order valence-corrected chi connectivity index (χ4v) is 1.57. The molecule has 1 heteroatoms. The van der Waals surface area contributed by atoms with Crippen molar-refractivity contribution in [1.29, 1.82) is 0 Å². The van der Waals surface area contributed by atoms with E-state index in [1.54, 1.807) is 0 Å². The van der Waals surface area contributed by atoms with Crippen LogP contribution in [-0.2, 0) is 6.54 Å². The number of benzene rings is 1. The summed E-state index contributed by atoms with van der Waals surface area (Å²) < 4.78 is 0. The molecule has 0 fully saturated rings. The van der Waals surface area contributed by atoms with E-state index in [1.807, 2.05) is 6.21 Å². The highest BCUT2D eigenvalue weighted by Gasteiger charge is 2.12. The molecule has 3 rings (SSSR count). The molecule has 1 aliphatic carbocycles. The molecule has 11 heavy (non-hydrogen) atoms. The first kappa shape index (κ1) is 5.30. The van der Waals surface area contributed by atoms with E-state index in [1.165, 1.54) is 22.3 Å². The zero-order valence-corrected chi connectivity index (χ0v) is 6.04. The molecule has 52 valence electrons. The summed E-state index contributed by atoms with van der Waals surface area (Å²) in [6, 6.07) is 4.44. The van der Waals surface area contributed by atoms with Crippen LogP contribution in [0.15, 0.2) is 17.1 Å². The predicted molar refractivity (Wildman–Crippen MR) is 46.7 cm³/mol. The molecule has 0 N–H and O–H groups in total. The van der Waals surface area contributed by atoms with Crippen molar-refractivity contribution in [1.82, 2.24) is 0 Å². The van der Waals surface area contributed by atoms with Gasteiger partial charge >= 0.3 is 0 Å². The van der Waals surface area contributed by atoms with Gasteiger partial charge in [-0.1, -0.05) is 12.2 Å². The maximum atomic E-state index is 4.21. The molecule has 0 radical (unpaired) electrons. The molecular formula is C10H7N. The molecule has 1 aromatic carbocycles. The lowest BCUT2D eigenvalue weighted by molar-refractivity contribution is 1.11. The van der Waals surface area contributed by atoms with Crippen LogP contribution in [0.25, 0.3) is 12.2 Å². The van der Waals surface area contributed by atoms with Crippen LogP contribution in [0.1, 0.15) is 22.3 Å². The highest BCUT2D eigenvalue weighted by molar-refractivity contribution is 5.92. The van der Waals surface area contributed by atoms with E-state index in [9.17, 15) is 0 Å². The first-order valence-electron chi connectivity index (χ1n) is 3.78. The average Bonchev–Trinajstić information content (AvgIpc) is 2.40. The Hall–Kier alpha value is -1.37. The van der Waals surface area contributed by atoms with Crippen molar-refractivity contribution in [2.75, 3.05) is 0 Å². The SMILES string of the molecule is C1=Cc2cc3c(cc21)C=NC3. The number of hydrogen-bond acceptors (Lipinski definition) is 1. The standard InChI is InChI=1S/C10H7N/c1-2-8-4-10-6-11-5-9(10)3-7(1)8/h1-5H,6H2. The summed E-state index contributed by atoms with van der Waals surface area (Å²) in [6.07, 6.45) is 6.25. The van der Waals surface area contributed by atoms with E-state index in [4.69, 9.17) is 0 Å². The van der Waals surface area contributed by atoms with Gasteiger partial charge in [0.1, 0.15) is 0 Å². The van der Waals surface area contributed by atoms with Gasteiger partial charge in [-0.15, -0.1) is 0 Å². The molecule has 0 unspecified atom stereocenters. The molecule has 2 aliphatic rings. The van der Waals surface area contributed by atoms with Gasteiger partial charge in [-0.3, -0.25) is 4.99 Å². The van der Waals surface area contributed by atoms with Gasteiger partial charge in [0.2, 0.25) is 0 Å². The van der Waals surface area contributed by atoms with Crippen molar-refractivity contribution >= 4 is 18.4 Å². The average molecular weight is 141 g/mol. The monoisotopic (exact) mass is 141 g/mol. The third kappa shape index (κ3) is 0.577. The predicted octanol–water partition coefficient (Wildman–Crippen LogP) is 2.10. The molecule has 1 nitrogen and oxygen atoms in total. The van der Waals surface area contributed by atoms with Crippen LogP contribution in [0.4, 0.5) is 0 Å². The minimum Gasteiger partial charge on any atom is -0.288 e. The minimum absolute atomic E-state index is 0.871. The second-order valence-electron chi connectivity index (χ2n) is 2.98. The lowest BCUT2D eigenvalue weighted by Gasteiger charge is -2.11. The smallest absolute Gasteiger partial charge is 0.0646 e. The van der Waals surface area contributed by atoms with Crippen LogP contribution in [0.2, 0.25) is 0 Å². The van der Waals surface area contributed by atoms with Crippen LogP contribution in [-0.4, -0.2) is 6.21 Å². The summed E-state index contributed by atoms with van der Waals surface area (Å²) in [7, 11) is 0. The third-order valence-corrected chi connectivity index (χ3v) is 2.28. The first-order valence-corrected chi connectivity index (χ1v) is 3.78. The van der Waals surface area contributed by atoms with Gasteiger partial charge in [-0.05, 0) is 34.4 Å². The second kappa shape index (κ2) is 1.62. The summed E-state index contributed by atoms with van der Waals surface area (Å²) in [5.74, 6) is 0. The highest BCUT2D eigenvalue weighted by Crippen LogP contribution is 2.28. The summed E-state index contributed by atoms with van der Waals surface area (Å²) in [6.45, 7) is 0.871. The largest absolute Gasteiger partial charge is 0.288 e. The molecule has 1 aliphatic heterocycles. The van der Waals surface area contributed by atoms with Crippen LogP contribution in [0.3, 0.4) is 0 Å². The molecule has 1 heterocycles. The molecule has 0 saturated carbocycles. The van der Waals surface area contributed by atoms with E-state index in [0.717, 1.165) is 6.54 Å². The van der Waals surface area contributed by atoms with E-state index in [-0.39, 0.29) is 0 Å². The summed E-state index contributed by atoms with van der Waals surface area (Å²) >= 11 is 0. The molecule has 0 aromatic heterocycles. The Morgan fingerprint density at radius 3 is 2.64 bits per heavy atom. The fraction of sp³-hybridized carbons (Fsp3) is 0.100. The summed E-state index contributed by atoms with van der Waals surface area (Å²) in [4.78, 5) is 4.21. The lowest BCUT2D eigenvalue weighted by atomic mass is 9.93. The van der Waals surface area contributed by atoms with Crippen molar-refractivity contribution in [3.8, 4) is 0 Å². The maximum absolute atomic E-state index is 4.21. The molecule has 1 aromatic rings. The Balaban J connectivity index is 2.31. The van der Waals surface area contributed by atoms with Gasteiger partial charge in [-0.25, -0.2) is 0 Å². The Bertz CT molecular complexity index is 386. The Kier molecular flexibility index (Phi) is 0.779. The zero-order valence-electron chi connectivity index (χ0n) is 6.04. The fourth-order valence-electron chi connectivity index (χ4n) is 1.57. The topological polar surface area (TPSA) is 12.4 Å². The van der Waals surface area contributed by atoms with Crippen molar-refractivity contribution < 1.29 is 0 Å². The van der Waals surface area contributed by atoms with E-state index >= 15 is 0 Å². The molecule has 0 spiro atoms. The van der Waals surface area contributed by atoms with E-state index in [0.29, 0.717) is 0 Å². The Labute approximate surface area is 65.1 Å². The summed E-state index contributed by atoms with van der Waals surface area (Å²) in [5.41, 5.74) is 5.40. The van der Waals surface area contributed by atoms with Crippen molar-refractivity contribution in [3.05, 3.63) is 34.4 Å². The van der Waals surface area contributed by atoms with Crippen LogP contribution in [0, 0.1) is 0 Å². The number of fused-ring (bicyclic) bond motifs is 2. The third-order valence-electron chi connectivity index (χ3n) is 2.28. The molecule has 0 saturated heterocycles. The van der Waals surface area contributed by atoms with Gasteiger partial charge in [0, 0.05) is 6.21 Å². The van der Waals surface area contributed by atoms with Gasteiger partial charge in [0.25, 0.3) is 0 Å². The number of hydrogen-bond donors (Lipinski definition) is 0. The zero-order chi connectivity index (χ0) is 7.26.